The quantitative estimate of drug-likeness (QED) is 0.579. The van der Waals surface area contributed by atoms with Gasteiger partial charge in [0, 0.05) is 18.0 Å². The van der Waals surface area contributed by atoms with E-state index in [-0.39, 0.29) is 17.6 Å². The minimum atomic E-state index is -0.929. The molecule has 1 fully saturated rings. The highest BCUT2D eigenvalue weighted by molar-refractivity contribution is 8.14. The molecular formula is C25H23N3O3S. The minimum absolute atomic E-state index is 0.0225. The lowest BCUT2D eigenvalue weighted by molar-refractivity contribution is 0.0697. The number of nitrogens with zero attached hydrogens (tertiary/aromatic N) is 3. The maximum atomic E-state index is 11.0. The smallest absolute Gasteiger partial charge is 0.335 e. The van der Waals surface area contributed by atoms with E-state index in [1.54, 1.807) is 24.3 Å². The Morgan fingerprint density at radius 1 is 1.12 bits per heavy atom. The molecule has 5 rings (SSSR count). The van der Waals surface area contributed by atoms with Gasteiger partial charge in [-0.2, -0.15) is 0 Å². The summed E-state index contributed by atoms with van der Waals surface area (Å²) in [6, 6.07) is 21.0. The fourth-order valence-electron chi connectivity index (χ4n) is 4.15. The maximum Gasteiger partial charge on any atom is 0.335 e. The molecule has 32 heavy (non-hydrogen) atoms. The van der Waals surface area contributed by atoms with Crippen LogP contribution in [-0.2, 0) is 6.61 Å². The number of thioether (sulfide) groups is 1. The zero-order valence-electron chi connectivity index (χ0n) is 17.6. The van der Waals surface area contributed by atoms with E-state index in [1.165, 1.54) is 5.56 Å². The molecule has 1 saturated heterocycles. The van der Waals surface area contributed by atoms with Crippen molar-refractivity contribution in [1.82, 2.24) is 9.88 Å². The van der Waals surface area contributed by atoms with Gasteiger partial charge in [-0.1, -0.05) is 49.0 Å². The van der Waals surface area contributed by atoms with Gasteiger partial charge in [0.05, 0.1) is 17.3 Å². The van der Waals surface area contributed by atoms with Crippen LogP contribution in [0.15, 0.2) is 77.9 Å². The normalized spacial score (nSPS) is 21.8. The second kappa shape index (κ2) is 8.67. The Morgan fingerprint density at radius 3 is 2.59 bits per heavy atom. The second-order valence-corrected chi connectivity index (χ2v) is 9.40. The Morgan fingerprint density at radius 2 is 1.91 bits per heavy atom. The van der Waals surface area contributed by atoms with Crippen LogP contribution in [0.5, 0.6) is 5.75 Å². The minimum Gasteiger partial charge on any atom is -0.489 e. The van der Waals surface area contributed by atoms with E-state index in [4.69, 9.17) is 14.8 Å². The number of aliphatic imine (C=N–C) groups is 1. The van der Waals surface area contributed by atoms with Crippen LogP contribution in [0, 0.1) is 0 Å². The molecule has 1 N–H and O–H groups in total. The van der Waals surface area contributed by atoms with Crippen molar-refractivity contribution in [1.29, 1.82) is 0 Å². The number of carboxylic acid groups (broad SMARTS) is 1. The van der Waals surface area contributed by atoms with Gasteiger partial charge >= 0.3 is 5.97 Å². The monoisotopic (exact) mass is 445 g/mol. The Hall–Kier alpha value is -3.32. The Bertz CT molecular complexity index is 1130. The number of benzene rings is 2. The lowest BCUT2D eigenvalue weighted by atomic mass is 9.96. The molecule has 0 radical (unpaired) electrons. The number of rotatable bonds is 6. The average molecular weight is 446 g/mol. The van der Waals surface area contributed by atoms with E-state index in [9.17, 15) is 4.79 Å². The fraction of sp³-hybridized carbons (Fsp3) is 0.240. The highest BCUT2D eigenvalue weighted by Crippen LogP contribution is 2.47. The number of hydrogen-bond donors (Lipinski definition) is 1. The van der Waals surface area contributed by atoms with Crippen molar-refractivity contribution >= 4 is 22.9 Å². The van der Waals surface area contributed by atoms with E-state index in [0.717, 1.165) is 28.7 Å². The van der Waals surface area contributed by atoms with Crippen LogP contribution >= 0.6 is 11.8 Å². The molecule has 0 saturated carbocycles. The summed E-state index contributed by atoms with van der Waals surface area (Å²) in [7, 11) is 0. The molecule has 0 bridgehead atoms. The number of aromatic nitrogens is 1. The van der Waals surface area contributed by atoms with Crippen molar-refractivity contribution in [2.45, 2.75) is 30.9 Å². The molecule has 0 aliphatic carbocycles. The van der Waals surface area contributed by atoms with Gasteiger partial charge in [0.15, 0.2) is 5.17 Å². The van der Waals surface area contributed by atoms with Gasteiger partial charge in [0.25, 0.3) is 0 Å². The number of carbonyl (C=O) groups is 1. The third-order valence-corrected chi connectivity index (χ3v) is 6.81. The first kappa shape index (κ1) is 20.6. The molecular weight excluding hydrogens is 422 g/mol. The summed E-state index contributed by atoms with van der Waals surface area (Å²) in [5, 5.41) is 10.6. The first-order chi connectivity index (χ1) is 15.6. The first-order valence-corrected chi connectivity index (χ1v) is 11.4. The van der Waals surface area contributed by atoms with Crippen LogP contribution in [0.2, 0.25) is 0 Å². The van der Waals surface area contributed by atoms with Crippen molar-refractivity contribution in [3.05, 3.63) is 95.3 Å². The second-order valence-electron chi connectivity index (χ2n) is 8.00. The summed E-state index contributed by atoms with van der Waals surface area (Å²) in [6.45, 7) is 3.59. The van der Waals surface area contributed by atoms with Crippen LogP contribution in [0.1, 0.15) is 46.2 Å². The summed E-state index contributed by atoms with van der Waals surface area (Å²) >= 11 is 1.83. The number of hydrogen-bond acceptors (Lipinski definition) is 6. The number of ether oxygens (including phenoxy) is 1. The van der Waals surface area contributed by atoms with Crippen LogP contribution in [0.3, 0.4) is 0 Å². The average Bonchev–Trinajstić information content (AvgIpc) is 3.35. The standard InChI is InChI=1S/C25H23N3O3S/c1-16-14-28-23(22(27-25(28)32-16)21-4-2-3-13-26-21)18-9-11-20(12-10-18)31-15-17-5-7-19(8-6-17)24(29)30/h2-13,16,22-23H,14-15H2,1H3,(H,29,30). The molecule has 6 nitrogen and oxygen atoms in total. The molecule has 2 aliphatic heterocycles. The first-order valence-electron chi connectivity index (χ1n) is 10.6. The van der Waals surface area contributed by atoms with E-state index in [1.807, 2.05) is 48.3 Å². The van der Waals surface area contributed by atoms with Gasteiger partial charge in [0.2, 0.25) is 0 Å². The molecule has 0 amide bonds. The van der Waals surface area contributed by atoms with Crippen LogP contribution < -0.4 is 4.74 Å². The number of pyridine rings is 1. The summed E-state index contributed by atoms with van der Waals surface area (Å²) in [6.07, 6.45) is 1.83. The molecule has 3 aromatic rings. The molecule has 0 spiro atoms. The van der Waals surface area contributed by atoms with Gasteiger partial charge in [-0.3, -0.25) is 9.98 Å². The Kier molecular flexibility index (Phi) is 5.57. The molecule has 3 heterocycles. The van der Waals surface area contributed by atoms with E-state index in [2.05, 4.69) is 28.9 Å². The maximum absolute atomic E-state index is 11.0. The molecule has 2 aromatic carbocycles. The number of carboxylic acids is 1. The number of fused-ring (bicyclic) bond motifs is 1. The Balaban J connectivity index is 1.32. The van der Waals surface area contributed by atoms with Crippen molar-refractivity contribution < 1.29 is 14.6 Å². The van der Waals surface area contributed by atoms with Crippen molar-refractivity contribution in [3.8, 4) is 5.75 Å². The van der Waals surface area contributed by atoms with Gasteiger partial charge in [-0.05, 0) is 47.5 Å². The number of aromatic carboxylic acids is 1. The van der Waals surface area contributed by atoms with E-state index < -0.39 is 5.97 Å². The van der Waals surface area contributed by atoms with Gasteiger partial charge in [-0.25, -0.2) is 4.79 Å². The van der Waals surface area contributed by atoms with Crippen LogP contribution in [0.25, 0.3) is 0 Å². The predicted molar refractivity (Wildman–Crippen MR) is 125 cm³/mol. The zero-order chi connectivity index (χ0) is 22.1. The number of amidine groups is 1. The molecule has 162 valence electrons. The summed E-state index contributed by atoms with van der Waals surface area (Å²) in [4.78, 5) is 23.0. The third-order valence-electron chi connectivity index (χ3n) is 5.71. The molecule has 7 heteroatoms. The van der Waals surface area contributed by atoms with Crippen LogP contribution in [-0.4, -0.2) is 37.9 Å². The van der Waals surface area contributed by atoms with Gasteiger partial charge < -0.3 is 14.7 Å². The molecule has 2 aliphatic rings. The van der Waals surface area contributed by atoms with Crippen LogP contribution in [0.4, 0.5) is 0 Å². The van der Waals surface area contributed by atoms with E-state index >= 15 is 0 Å². The highest BCUT2D eigenvalue weighted by Gasteiger charge is 2.43. The predicted octanol–water partition coefficient (Wildman–Crippen LogP) is 4.95. The highest BCUT2D eigenvalue weighted by atomic mass is 32.2. The van der Waals surface area contributed by atoms with Gasteiger partial charge in [0.1, 0.15) is 18.4 Å². The lowest BCUT2D eigenvalue weighted by Gasteiger charge is -2.27. The largest absolute Gasteiger partial charge is 0.489 e. The molecule has 1 aromatic heterocycles. The Labute approximate surface area is 191 Å². The molecule has 3 atom stereocenters. The van der Waals surface area contributed by atoms with E-state index in [0.29, 0.717) is 11.9 Å². The topological polar surface area (TPSA) is 75.0 Å². The lowest BCUT2D eigenvalue weighted by Crippen LogP contribution is -2.28. The summed E-state index contributed by atoms with van der Waals surface area (Å²) in [5.74, 6) is -0.157. The zero-order valence-corrected chi connectivity index (χ0v) is 18.4. The summed E-state index contributed by atoms with van der Waals surface area (Å²) < 4.78 is 5.92. The third kappa shape index (κ3) is 4.08. The van der Waals surface area contributed by atoms with Crippen molar-refractivity contribution in [3.63, 3.8) is 0 Å². The SMILES string of the molecule is CC1CN2C(=NC(c3ccccn3)C2c2ccc(OCc3ccc(C(=O)O)cc3)cc2)S1. The van der Waals surface area contributed by atoms with Crippen molar-refractivity contribution in [2.75, 3.05) is 6.54 Å². The summed E-state index contributed by atoms with van der Waals surface area (Å²) in [5.41, 5.74) is 3.37. The van der Waals surface area contributed by atoms with Gasteiger partial charge in [-0.15, -0.1) is 0 Å². The van der Waals surface area contributed by atoms with Crippen molar-refractivity contribution in [2.24, 2.45) is 4.99 Å². The molecule has 3 unspecified atom stereocenters. The fourth-order valence-corrected chi connectivity index (χ4v) is 5.24.